The molecule has 0 spiro atoms. The highest BCUT2D eigenvalue weighted by Gasteiger charge is 2.14. The van der Waals surface area contributed by atoms with Crippen LogP contribution in [0.3, 0.4) is 0 Å². The standard InChI is InChI=1S/C20H26N2O3/c1-13(2)16(5)21-19(23)12-25-20(24)17-8-10-18(11-9-17)22-14(3)6-7-15(22)4/h6-11,13,16H,12H2,1-5H3,(H,21,23)/t16-/m0/s1. The molecule has 0 saturated carbocycles. The second-order valence-electron chi connectivity index (χ2n) is 6.67. The molecule has 5 nitrogen and oxygen atoms in total. The first-order valence-corrected chi connectivity index (χ1v) is 8.51. The van der Waals surface area contributed by atoms with Gasteiger partial charge in [-0.25, -0.2) is 4.79 Å². The molecule has 0 radical (unpaired) electrons. The number of amides is 1. The molecule has 2 aromatic rings. The number of aromatic nitrogens is 1. The number of rotatable bonds is 6. The number of carbonyl (C=O) groups is 2. The van der Waals surface area contributed by atoms with Gasteiger partial charge in [-0.2, -0.15) is 0 Å². The molecular formula is C20H26N2O3. The van der Waals surface area contributed by atoms with E-state index in [0.29, 0.717) is 11.5 Å². The normalized spacial score (nSPS) is 12.1. The minimum atomic E-state index is -0.500. The van der Waals surface area contributed by atoms with Gasteiger partial charge in [0.2, 0.25) is 0 Å². The van der Waals surface area contributed by atoms with Crippen LogP contribution >= 0.6 is 0 Å². The summed E-state index contributed by atoms with van der Waals surface area (Å²) in [6, 6.07) is 11.3. The maximum atomic E-state index is 12.1. The van der Waals surface area contributed by atoms with E-state index in [4.69, 9.17) is 4.74 Å². The largest absolute Gasteiger partial charge is 0.452 e. The van der Waals surface area contributed by atoms with E-state index in [9.17, 15) is 9.59 Å². The Morgan fingerprint density at radius 1 is 1.00 bits per heavy atom. The Morgan fingerprint density at radius 3 is 2.08 bits per heavy atom. The van der Waals surface area contributed by atoms with Gasteiger partial charge in [-0.1, -0.05) is 13.8 Å². The Kier molecular flexibility index (Phi) is 6.02. The molecule has 1 aromatic carbocycles. The highest BCUT2D eigenvalue weighted by molar-refractivity contribution is 5.91. The lowest BCUT2D eigenvalue weighted by atomic mass is 10.1. The number of nitrogens with zero attached hydrogens (tertiary/aromatic N) is 1. The second-order valence-corrected chi connectivity index (χ2v) is 6.67. The molecule has 134 valence electrons. The van der Waals surface area contributed by atoms with Crippen molar-refractivity contribution in [2.75, 3.05) is 6.61 Å². The first kappa shape index (κ1) is 18.8. The average Bonchev–Trinajstić information content (AvgIpc) is 2.91. The van der Waals surface area contributed by atoms with Crippen molar-refractivity contribution in [2.45, 2.75) is 40.7 Å². The summed E-state index contributed by atoms with van der Waals surface area (Å²) in [5.74, 6) is -0.461. The zero-order chi connectivity index (χ0) is 18.6. The SMILES string of the molecule is Cc1ccc(C)n1-c1ccc(C(=O)OCC(=O)N[C@@H](C)C(C)C)cc1. The van der Waals surface area contributed by atoms with Crippen molar-refractivity contribution in [3.63, 3.8) is 0 Å². The fourth-order valence-electron chi connectivity index (χ4n) is 2.50. The maximum absolute atomic E-state index is 12.1. The van der Waals surface area contributed by atoms with Crippen molar-refractivity contribution in [3.05, 3.63) is 53.3 Å². The zero-order valence-corrected chi connectivity index (χ0v) is 15.5. The fraction of sp³-hybridized carbons (Fsp3) is 0.400. The van der Waals surface area contributed by atoms with Gasteiger partial charge >= 0.3 is 5.97 Å². The molecule has 1 N–H and O–H groups in total. The van der Waals surface area contributed by atoms with Crippen LogP contribution in [-0.4, -0.2) is 29.1 Å². The van der Waals surface area contributed by atoms with Gasteiger partial charge < -0.3 is 14.6 Å². The quantitative estimate of drug-likeness (QED) is 0.819. The molecule has 0 aliphatic rings. The molecule has 0 bridgehead atoms. The number of benzene rings is 1. The Balaban J connectivity index is 1.96. The van der Waals surface area contributed by atoms with Crippen LogP contribution in [0.5, 0.6) is 0 Å². The monoisotopic (exact) mass is 342 g/mol. The van der Waals surface area contributed by atoms with Crippen LogP contribution in [-0.2, 0) is 9.53 Å². The lowest BCUT2D eigenvalue weighted by Crippen LogP contribution is -2.38. The molecule has 1 amide bonds. The molecule has 5 heteroatoms. The smallest absolute Gasteiger partial charge is 0.338 e. The lowest BCUT2D eigenvalue weighted by molar-refractivity contribution is -0.125. The van der Waals surface area contributed by atoms with Crippen molar-refractivity contribution < 1.29 is 14.3 Å². The Bertz CT molecular complexity index is 725. The van der Waals surface area contributed by atoms with Gasteiger partial charge in [-0.05, 0) is 63.1 Å². The van der Waals surface area contributed by atoms with E-state index in [1.807, 2.05) is 58.9 Å². The predicted molar refractivity (Wildman–Crippen MR) is 98.0 cm³/mol. The van der Waals surface area contributed by atoms with Crippen molar-refractivity contribution in [1.29, 1.82) is 0 Å². The number of esters is 1. The van der Waals surface area contributed by atoms with Crippen LogP contribution in [0.1, 0.15) is 42.5 Å². The number of ether oxygens (including phenoxy) is 1. The van der Waals surface area contributed by atoms with Gasteiger partial charge in [0.1, 0.15) is 0 Å². The van der Waals surface area contributed by atoms with Crippen LogP contribution in [0, 0.1) is 19.8 Å². The second kappa shape index (κ2) is 8.01. The van der Waals surface area contributed by atoms with Crippen molar-refractivity contribution in [3.8, 4) is 5.69 Å². The zero-order valence-electron chi connectivity index (χ0n) is 15.5. The minimum absolute atomic E-state index is 0.0403. The van der Waals surface area contributed by atoms with Gasteiger partial charge in [0, 0.05) is 23.1 Å². The van der Waals surface area contributed by atoms with Crippen LogP contribution in [0.25, 0.3) is 5.69 Å². The summed E-state index contributed by atoms with van der Waals surface area (Å²) in [6.45, 7) is 9.76. The molecule has 0 aliphatic carbocycles. The van der Waals surface area contributed by atoms with E-state index in [1.54, 1.807) is 12.1 Å². The summed E-state index contributed by atoms with van der Waals surface area (Å²) in [5.41, 5.74) is 3.67. The maximum Gasteiger partial charge on any atom is 0.338 e. The molecule has 1 heterocycles. The molecule has 1 aromatic heterocycles. The average molecular weight is 342 g/mol. The molecule has 0 fully saturated rings. The Labute approximate surface area is 149 Å². The van der Waals surface area contributed by atoms with Gasteiger partial charge in [0.05, 0.1) is 5.56 Å². The summed E-state index contributed by atoms with van der Waals surface area (Å²) in [5, 5.41) is 2.81. The summed E-state index contributed by atoms with van der Waals surface area (Å²) in [4.78, 5) is 23.9. The molecule has 1 atom stereocenters. The van der Waals surface area contributed by atoms with E-state index < -0.39 is 5.97 Å². The van der Waals surface area contributed by atoms with Crippen LogP contribution in [0.4, 0.5) is 0 Å². The van der Waals surface area contributed by atoms with Crippen LogP contribution < -0.4 is 5.32 Å². The number of carbonyl (C=O) groups excluding carboxylic acids is 2. The highest BCUT2D eigenvalue weighted by Crippen LogP contribution is 2.17. The van der Waals surface area contributed by atoms with Gasteiger partial charge in [0.25, 0.3) is 5.91 Å². The number of aryl methyl sites for hydroxylation is 2. The van der Waals surface area contributed by atoms with E-state index >= 15 is 0 Å². The Morgan fingerprint density at radius 2 is 1.56 bits per heavy atom. The van der Waals surface area contributed by atoms with Gasteiger partial charge in [-0.3, -0.25) is 4.79 Å². The summed E-state index contributed by atoms with van der Waals surface area (Å²) in [7, 11) is 0. The third kappa shape index (κ3) is 4.72. The van der Waals surface area contributed by atoms with Crippen LogP contribution in [0.2, 0.25) is 0 Å². The summed E-state index contributed by atoms with van der Waals surface area (Å²) < 4.78 is 7.20. The molecule has 0 aliphatic heterocycles. The van der Waals surface area contributed by atoms with E-state index in [2.05, 4.69) is 9.88 Å². The summed E-state index contributed by atoms with van der Waals surface area (Å²) >= 11 is 0. The number of hydrogen-bond donors (Lipinski definition) is 1. The Hall–Kier alpha value is -2.56. The van der Waals surface area contributed by atoms with Crippen molar-refractivity contribution in [2.24, 2.45) is 5.92 Å². The molecule has 2 rings (SSSR count). The first-order valence-electron chi connectivity index (χ1n) is 8.51. The third-order valence-corrected chi connectivity index (χ3v) is 4.36. The van der Waals surface area contributed by atoms with E-state index in [-0.39, 0.29) is 18.6 Å². The van der Waals surface area contributed by atoms with Crippen molar-refractivity contribution >= 4 is 11.9 Å². The molecular weight excluding hydrogens is 316 g/mol. The summed E-state index contributed by atoms with van der Waals surface area (Å²) in [6.07, 6.45) is 0. The van der Waals surface area contributed by atoms with E-state index in [1.165, 1.54) is 0 Å². The predicted octanol–water partition coefficient (Wildman–Crippen LogP) is 3.41. The highest BCUT2D eigenvalue weighted by atomic mass is 16.5. The van der Waals surface area contributed by atoms with E-state index in [0.717, 1.165) is 17.1 Å². The third-order valence-electron chi connectivity index (χ3n) is 4.36. The number of nitrogens with one attached hydrogen (secondary N) is 1. The van der Waals surface area contributed by atoms with Crippen LogP contribution in [0.15, 0.2) is 36.4 Å². The van der Waals surface area contributed by atoms with Gasteiger partial charge in [-0.15, -0.1) is 0 Å². The molecule has 25 heavy (non-hydrogen) atoms. The topological polar surface area (TPSA) is 60.3 Å². The van der Waals surface area contributed by atoms with Crippen molar-refractivity contribution in [1.82, 2.24) is 9.88 Å². The lowest BCUT2D eigenvalue weighted by Gasteiger charge is -2.17. The molecule has 0 saturated heterocycles. The minimum Gasteiger partial charge on any atom is -0.452 e. The fourth-order valence-corrected chi connectivity index (χ4v) is 2.50. The number of hydrogen-bond acceptors (Lipinski definition) is 3. The molecule has 0 unspecified atom stereocenters. The first-order chi connectivity index (χ1) is 11.8. The van der Waals surface area contributed by atoms with Gasteiger partial charge in [0.15, 0.2) is 6.61 Å².